The fourth-order valence-corrected chi connectivity index (χ4v) is 2.66. The summed E-state index contributed by atoms with van der Waals surface area (Å²) >= 11 is 0. The maximum absolute atomic E-state index is 10.4. The highest BCUT2D eigenvalue weighted by molar-refractivity contribution is 5.50. The molecule has 0 saturated heterocycles. The van der Waals surface area contributed by atoms with Gasteiger partial charge in [0, 0.05) is 11.1 Å². The third-order valence-electron chi connectivity index (χ3n) is 4.02. The Bertz CT molecular complexity index is 489. The summed E-state index contributed by atoms with van der Waals surface area (Å²) < 4.78 is 5.98. The molecule has 2 heteroatoms. The minimum Gasteiger partial charge on any atom is -0.493 e. The molecule has 0 radical (unpaired) electrons. The second-order valence-electron chi connectivity index (χ2n) is 7.95. The van der Waals surface area contributed by atoms with E-state index in [1.165, 1.54) is 11.1 Å². The number of fused-ring (bicyclic) bond motifs is 1. The topological polar surface area (TPSA) is 29.5 Å². The molecule has 1 aliphatic rings. The van der Waals surface area contributed by atoms with Gasteiger partial charge in [0.15, 0.2) is 0 Å². The van der Waals surface area contributed by atoms with Crippen LogP contribution in [-0.4, -0.2) is 11.7 Å². The number of hydrogen-bond acceptors (Lipinski definition) is 2. The molecule has 1 aromatic rings. The van der Waals surface area contributed by atoms with E-state index in [1.807, 2.05) is 0 Å². The Balaban J connectivity index is 2.69. The lowest BCUT2D eigenvalue weighted by atomic mass is 9.78. The molecule has 2 nitrogen and oxygen atoms in total. The quantitative estimate of drug-likeness (QED) is 0.756. The Morgan fingerprint density at radius 1 is 1.05 bits per heavy atom. The van der Waals surface area contributed by atoms with E-state index in [2.05, 4.69) is 53.7 Å². The van der Waals surface area contributed by atoms with Crippen molar-refractivity contribution in [1.29, 1.82) is 0 Å². The van der Waals surface area contributed by atoms with Crippen molar-refractivity contribution in [3.8, 4) is 5.75 Å². The first-order valence-corrected chi connectivity index (χ1v) is 7.60. The van der Waals surface area contributed by atoms with Gasteiger partial charge in [0.2, 0.25) is 0 Å². The SMILES string of the molecule is CC(C)(C)c1cc2c(c(C(C)(C)C)c1)OCCC[C@@H]2O. The zero-order valence-corrected chi connectivity index (χ0v) is 13.7. The zero-order valence-electron chi connectivity index (χ0n) is 13.7. The van der Waals surface area contributed by atoms with Crippen LogP contribution in [0.3, 0.4) is 0 Å². The maximum Gasteiger partial charge on any atom is 0.128 e. The van der Waals surface area contributed by atoms with Crippen molar-refractivity contribution in [3.05, 3.63) is 28.8 Å². The first-order valence-electron chi connectivity index (χ1n) is 7.60. The molecule has 0 unspecified atom stereocenters. The molecule has 2 rings (SSSR count). The molecule has 1 heterocycles. The van der Waals surface area contributed by atoms with Crippen LogP contribution in [0.2, 0.25) is 0 Å². The van der Waals surface area contributed by atoms with E-state index >= 15 is 0 Å². The third kappa shape index (κ3) is 3.01. The van der Waals surface area contributed by atoms with E-state index in [1.54, 1.807) is 0 Å². The molecule has 20 heavy (non-hydrogen) atoms. The average molecular weight is 276 g/mol. The van der Waals surface area contributed by atoms with Crippen LogP contribution in [0, 0.1) is 0 Å². The molecule has 0 amide bonds. The highest BCUT2D eigenvalue weighted by Crippen LogP contribution is 2.42. The summed E-state index contributed by atoms with van der Waals surface area (Å²) in [6.07, 6.45) is 1.28. The van der Waals surface area contributed by atoms with Crippen LogP contribution < -0.4 is 4.74 Å². The number of aliphatic hydroxyl groups excluding tert-OH is 1. The molecule has 0 spiro atoms. The molecule has 1 atom stereocenters. The Morgan fingerprint density at radius 3 is 2.25 bits per heavy atom. The largest absolute Gasteiger partial charge is 0.493 e. The van der Waals surface area contributed by atoms with Gasteiger partial charge < -0.3 is 9.84 Å². The van der Waals surface area contributed by atoms with Crippen molar-refractivity contribution in [2.24, 2.45) is 0 Å². The standard InChI is InChI=1S/C18H28O2/c1-17(2,3)12-10-13-15(19)8-7-9-20-16(13)14(11-12)18(4,5)6/h10-11,15,19H,7-9H2,1-6H3/t15-/m0/s1. The smallest absolute Gasteiger partial charge is 0.128 e. The fourth-order valence-electron chi connectivity index (χ4n) is 2.66. The molecule has 0 aromatic heterocycles. The maximum atomic E-state index is 10.4. The van der Waals surface area contributed by atoms with Crippen molar-refractivity contribution in [3.63, 3.8) is 0 Å². The van der Waals surface area contributed by atoms with Gasteiger partial charge in [0.05, 0.1) is 12.7 Å². The van der Waals surface area contributed by atoms with E-state index in [4.69, 9.17) is 4.74 Å². The van der Waals surface area contributed by atoms with Crippen molar-refractivity contribution in [1.82, 2.24) is 0 Å². The second kappa shape index (κ2) is 5.07. The van der Waals surface area contributed by atoms with Gasteiger partial charge in [-0.05, 0) is 35.3 Å². The van der Waals surface area contributed by atoms with Gasteiger partial charge in [-0.1, -0.05) is 47.6 Å². The van der Waals surface area contributed by atoms with Gasteiger partial charge in [-0.3, -0.25) is 0 Å². The van der Waals surface area contributed by atoms with Gasteiger partial charge in [0.1, 0.15) is 5.75 Å². The molecular formula is C18H28O2. The minimum absolute atomic E-state index is 0.00933. The molecule has 0 saturated carbocycles. The van der Waals surface area contributed by atoms with Crippen molar-refractivity contribution in [2.45, 2.75) is 71.3 Å². The molecule has 0 bridgehead atoms. The van der Waals surface area contributed by atoms with Crippen LogP contribution in [0.1, 0.15) is 77.2 Å². The lowest BCUT2D eigenvalue weighted by Crippen LogP contribution is -2.19. The summed E-state index contributed by atoms with van der Waals surface area (Å²) in [7, 11) is 0. The highest BCUT2D eigenvalue weighted by Gasteiger charge is 2.29. The summed E-state index contributed by atoms with van der Waals surface area (Å²) in [5, 5.41) is 10.4. The average Bonchev–Trinajstić information content (AvgIpc) is 2.48. The molecular weight excluding hydrogens is 248 g/mol. The van der Waals surface area contributed by atoms with Gasteiger partial charge in [-0.25, -0.2) is 0 Å². The molecule has 1 N–H and O–H groups in total. The van der Waals surface area contributed by atoms with E-state index in [9.17, 15) is 5.11 Å². The van der Waals surface area contributed by atoms with E-state index in [-0.39, 0.29) is 10.8 Å². The van der Waals surface area contributed by atoms with E-state index in [0.717, 1.165) is 24.2 Å². The van der Waals surface area contributed by atoms with Crippen molar-refractivity contribution < 1.29 is 9.84 Å². The van der Waals surface area contributed by atoms with Crippen LogP contribution in [-0.2, 0) is 10.8 Å². The summed E-state index contributed by atoms with van der Waals surface area (Å²) in [5.74, 6) is 0.913. The van der Waals surface area contributed by atoms with Crippen LogP contribution in [0.15, 0.2) is 12.1 Å². The first-order chi connectivity index (χ1) is 9.10. The van der Waals surface area contributed by atoms with Crippen LogP contribution in [0.5, 0.6) is 5.75 Å². The Hall–Kier alpha value is -1.02. The highest BCUT2D eigenvalue weighted by atomic mass is 16.5. The predicted octanol–water partition coefficient (Wildman–Crippen LogP) is 4.49. The zero-order chi connectivity index (χ0) is 15.1. The monoisotopic (exact) mass is 276 g/mol. The van der Waals surface area contributed by atoms with Gasteiger partial charge in [-0.15, -0.1) is 0 Å². The third-order valence-corrected chi connectivity index (χ3v) is 4.02. The first kappa shape index (κ1) is 15.4. The number of hydrogen-bond donors (Lipinski definition) is 1. The van der Waals surface area contributed by atoms with Crippen LogP contribution in [0.4, 0.5) is 0 Å². The Morgan fingerprint density at radius 2 is 1.70 bits per heavy atom. The predicted molar refractivity (Wildman–Crippen MR) is 83.5 cm³/mol. The second-order valence-corrected chi connectivity index (χ2v) is 7.95. The summed E-state index contributed by atoms with van der Waals surface area (Å²) in [5.41, 5.74) is 3.53. The minimum atomic E-state index is -0.407. The normalized spacial score (nSPS) is 20.1. The van der Waals surface area contributed by atoms with Crippen molar-refractivity contribution >= 4 is 0 Å². The van der Waals surface area contributed by atoms with E-state index < -0.39 is 6.10 Å². The van der Waals surface area contributed by atoms with Gasteiger partial charge in [0.25, 0.3) is 0 Å². The Kier molecular flexibility index (Phi) is 3.90. The number of rotatable bonds is 0. The summed E-state index contributed by atoms with van der Waals surface area (Å²) in [6.45, 7) is 13.9. The van der Waals surface area contributed by atoms with Crippen molar-refractivity contribution in [2.75, 3.05) is 6.61 Å². The molecule has 0 fully saturated rings. The fraction of sp³-hybridized carbons (Fsp3) is 0.667. The number of benzene rings is 1. The lowest BCUT2D eigenvalue weighted by Gasteiger charge is -2.29. The summed E-state index contributed by atoms with van der Waals surface area (Å²) in [6, 6.07) is 4.40. The lowest BCUT2D eigenvalue weighted by molar-refractivity contribution is 0.167. The number of ether oxygens (including phenoxy) is 1. The number of aliphatic hydroxyl groups is 1. The van der Waals surface area contributed by atoms with Gasteiger partial charge in [-0.2, -0.15) is 0 Å². The van der Waals surface area contributed by atoms with E-state index in [0.29, 0.717) is 6.61 Å². The molecule has 0 aliphatic carbocycles. The van der Waals surface area contributed by atoms with Crippen LogP contribution in [0.25, 0.3) is 0 Å². The molecule has 112 valence electrons. The molecule has 1 aromatic carbocycles. The summed E-state index contributed by atoms with van der Waals surface area (Å²) in [4.78, 5) is 0. The molecule has 1 aliphatic heterocycles. The Labute approximate surface area is 123 Å². The van der Waals surface area contributed by atoms with Gasteiger partial charge >= 0.3 is 0 Å². The van der Waals surface area contributed by atoms with Crippen LogP contribution >= 0.6 is 0 Å².